The van der Waals surface area contributed by atoms with Crippen LogP contribution >= 0.6 is 35.7 Å². The summed E-state index contributed by atoms with van der Waals surface area (Å²) in [5.74, 6) is 1.01. The van der Waals surface area contributed by atoms with Crippen molar-refractivity contribution in [3.63, 3.8) is 0 Å². The van der Waals surface area contributed by atoms with Gasteiger partial charge in [-0.2, -0.15) is 11.8 Å². The van der Waals surface area contributed by atoms with Crippen molar-refractivity contribution in [3.8, 4) is 0 Å². The van der Waals surface area contributed by atoms with Crippen molar-refractivity contribution in [1.82, 2.24) is 10.2 Å². The van der Waals surface area contributed by atoms with Crippen LogP contribution in [0.25, 0.3) is 0 Å². The molecule has 1 heterocycles. The number of nitrogens with zero attached hydrogens (tertiary/aromatic N) is 2. The fourth-order valence-corrected chi connectivity index (χ4v) is 2.92. The molecule has 0 aliphatic carbocycles. The number of hydrogen-bond donors (Lipinski definition) is 1. The number of benzene rings is 1. The maximum absolute atomic E-state index is 6.02. The average molecular weight is 463 g/mol. The first-order valence-corrected chi connectivity index (χ1v) is 9.67. The van der Waals surface area contributed by atoms with Gasteiger partial charge in [-0.3, -0.25) is 4.99 Å². The third-order valence-corrected chi connectivity index (χ3v) is 5.09. The Hall–Kier alpha value is -0.470. The fourth-order valence-electron chi connectivity index (χ4n) is 2.69. The molecule has 136 valence electrons. The highest BCUT2D eigenvalue weighted by Crippen LogP contribution is 2.25. The summed E-state index contributed by atoms with van der Waals surface area (Å²) in [6, 6.07) is 8.49. The van der Waals surface area contributed by atoms with E-state index >= 15 is 0 Å². The number of halogens is 1. The molecule has 0 aromatic heterocycles. The van der Waals surface area contributed by atoms with Crippen LogP contribution in [0.2, 0.25) is 0 Å². The van der Waals surface area contributed by atoms with E-state index in [1.165, 1.54) is 11.1 Å². The van der Waals surface area contributed by atoms with E-state index in [-0.39, 0.29) is 30.1 Å². The second kappa shape index (κ2) is 11.2. The highest BCUT2D eigenvalue weighted by molar-refractivity contribution is 14.0. The Kier molecular flexibility index (Phi) is 10.1. The molecule has 0 radical (unpaired) electrons. The largest absolute Gasteiger partial charge is 0.370 e. The maximum Gasteiger partial charge on any atom is 0.194 e. The van der Waals surface area contributed by atoms with Crippen molar-refractivity contribution in [2.24, 2.45) is 4.99 Å². The zero-order valence-corrected chi connectivity index (χ0v) is 18.3. The lowest BCUT2D eigenvalue weighted by Crippen LogP contribution is -2.48. The van der Waals surface area contributed by atoms with Gasteiger partial charge in [-0.1, -0.05) is 31.2 Å². The second-order valence-corrected chi connectivity index (χ2v) is 7.18. The number of aliphatic imine (C=N–C) groups is 1. The molecular formula is C18H30IN3OS. The van der Waals surface area contributed by atoms with Crippen molar-refractivity contribution >= 4 is 41.7 Å². The van der Waals surface area contributed by atoms with E-state index in [4.69, 9.17) is 9.73 Å². The number of guanidine groups is 1. The first kappa shape index (κ1) is 21.6. The van der Waals surface area contributed by atoms with Crippen LogP contribution in [0, 0.1) is 6.92 Å². The van der Waals surface area contributed by atoms with Gasteiger partial charge in [-0.15, -0.1) is 24.0 Å². The normalized spacial score (nSPS) is 19.6. The molecule has 0 spiro atoms. The summed E-state index contributed by atoms with van der Waals surface area (Å²) in [5, 5.41) is 3.97. The van der Waals surface area contributed by atoms with Crippen molar-refractivity contribution in [1.29, 1.82) is 0 Å². The number of aryl methyl sites for hydroxylation is 1. The zero-order valence-electron chi connectivity index (χ0n) is 15.1. The fraction of sp³-hybridized carbons (Fsp3) is 0.611. The highest BCUT2D eigenvalue weighted by Gasteiger charge is 2.25. The molecule has 1 saturated heterocycles. The van der Waals surface area contributed by atoms with Gasteiger partial charge >= 0.3 is 0 Å². The molecule has 0 bridgehead atoms. The minimum atomic E-state index is 0. The second-order valence-electron chi connectivity index (χ2n) is 5.90. The van der Waals surface area contributed by atoms with Crippen LogP contribution in [-0.2, 0) is 4.74 Å². The number of morpholine rings is 1. The molecule has 6 heteroatoms. The summed E-state index contributed by atoms with van der Waals surface area (Å²) in [6.45, 7) is 10.7. The molecule has 1 aromatic carbocycles. The van der Waals surface area contributed by atoms with E-state index in [1.807, 2.05) is 11.8 Å². The molecule has 24 heavy (non-hydrogen) atoms. The Morgan fingerprint density at radius 2 is 2.21 bits per heavy atom. The van der Waals surface area contributed by atoms with Crippen molar-refractivity contribution < 1.29 is 4.74 Å². The predicted octanol–water partition coefficient (Wildman–Crippen LogP) is 3.70. The Morgan fingerprint density at radius 1 is 1.46 bits per heavy atom. The molecule has 1 fully saturated rings. The van der Waals surface area contributed by atoms with Gasteiger partial charge in [-0.25, -0.2) is 0 Å². The number of hydrogen-bond acceptors (Lipinski definition) is 3. The number of rotatable bonds is 5. The van der Waals surface area contributed by atoms with Gasteiger partial charge in [0.05, 0.1) is 19.7 Å². The lowest BCUT2D eigenvalue weighted by atomic mass is 10.0. The molecule has 1 aliphatic rings. The SMILES string of the molecule is CCNC(=NCC(C)SC)N1CCOC(c2ccccc2C)C1.I. The van der Waals surface area contributed by atoms with E-state index in [1.54, 1.807) is 0 Å². The molecule has 1 aliphatic heterocycles. The minimum absolute atomic E-state index is 0. The topological polar surface area (TPSA) is 36.9 Å². The van der Waals surface area contributed by atoms with Crippen LogP contribution in [0.3, 0.4) is 0 Å². The van der Waals surface area contributed by atoms with Gasteiger partial charge in [-0.05, 0) is 31.2 Å². The van der Waals surface area contributed by atoms with E-state index in [2.05, 4.69) is 61.5 Å². The standard InChI is InChI=1S/C18H29N3OS.HI/c1-5-19-18(20-12-15(3)23-4)21-10-11-22-17(13-21)16-9-7-6-8-14(16)2;/h6-9,15,17H,5,10-13H2,1-4H3,(H,19,20);1H. The van der Waals surface area contributed by atoms with Gasteiger partial charge in [0.25, 0.3) is 0 Å². The predicted molar refractivity (Wildman–Crippen MR) is 116 cm³/mol. The summed E-state index contributed by atoms with van der Waals surface area (Å²) >= 11 is 1.85. The van der Waals surface area contributed by atoms with Gasteiger partial charge in [0.2, 0.25) is 0 Å². The first-order chi connectivity index (χ1) is 11.2. The summed E-state index contributed by atoms with van der Waals surface area (Å²) in [5.41, 5.74) is 2.57. The van der Waals surface area contributed by atoms with Crippen LogP contribution in [0.1, 0.15) is 31.1 Å². The smallest absolute Gasteiger partial charge is 0.194 e. The Balaban J connectivity index is 0.00000288. The molecule has 1 aromatic rings. The van der Waals surface area contributed by atoms with Crippen molar-refractivity contribution in [3.05, 3.63) is 35.4 Å². The average Bonchev–Trinajstić information content (AvgIpc) is 2.58. The Morgan fingerprint density at radius 3 is 2.88 bits per heavy atom. The molecule has 0 saturated carbocycles. The quantitative estimate of drug-likeness (QED) is 0.411. The molecule has 1 N–H and O–H groups in total. The third kappa shape index (κ3) is 6.11. The van der Waals surface area contributed by atoms with E-state index in [9.17, 15) is 0 Å². The van der Waals surface area contributed by atoms with E-state index in [0.29, 0.717) is 5.25 Å². The molecule has 2 unspecified atom stereocenters. The number of thioether (sulfide) groups is 1. The van der Waals surface area contributed by atoms with E-state index in [0.717, 1.165) is 38.7 Å². The summed E-state index contributed by atoms with van der Waals surface area (Å²) in [7, 11) is 0. The van der Waals surface area contributed by atoms with Crippen molar-refractivity contribution in [2.75, 3.05) is 39.0 Å². The number of nitrogens with one attached hydrogen (secondary N) is 1. The first-order valence-electron chi connectivity index (χ1n) is 8.38. The van der Waals surface area contributed by atoms with Crippen molar-refractivity contribution in [2.45, 2.75) is 32.1 Å². The highest BCUT2D eigenvalue weighted by atomic mass is 127. The monoisotopic (exact) mass is 463 g/mol. The van der Waals surface area contributed by atoms with Crippen LogP contribution in [0.4, 0.5) is 0 Å². The molecular weight excluding hydrogens is 433 g/mol. The molecule has 4 nitrogen and oxygen atoms in total. The zero-order chi connectivity index (χ0) is 16.7. The lowest BCUT2D eigenvalue weighted by molar-refractivity contribution is -0.00832. The molecule has 0 amide bonds. The molecule has 2 rings (SSSR count). The Bertz CT molecular complexity index is 527. The third-order valence-electron chi connectivity index (χ3n) is 4.14. The van der Waals surface area contributed by atoms with Crippen LogP contribution in [-0.4, -0.2) is 55.2 Å². The van der Waals surface area contributed by atoms with E-state index < -0.39 is 0 Å². The lowest BCUT2D eigenvalue weighted by Gasteiger charge is -2.36. The summed E-state index contributed by atoms with van der Waals surface area (Å²) < 4.78 is 6.02. The summed E-state index contributed by atoms with van der Waals surface area (Å²) in [4.78, 5) is 7.14. The summed E-state index contributed by atoms with van der Waals surface area (Å²) in [6.07, 6.45) is 2.25. The van der Waals surface area contributed by atoms with Gasteiger partial charge in [0, 0.05) is 18.3 Å². The van der Waals surface area contributed by atoms with Crippen LogP contribution in [0.5, 0.6) is 0 Å². The van der Waals surface area contributed by atoms with Crippen LogP contribution < -0.4 is 5.32 Å². The minimum Gasteiger partial charge on any atom is -0.370 e. The Labute approximate surface area is 167 Å². The van der Waals surface area contributed by atoms with Crippen LogP contribution in [0.15, 0.2) is 29.3 Å². The maximum atomic E-state index is 6.02. The van der Waals surface area contributed by atoms with Gasteiger partial charge < -0.3 is 15.0 Å². The van der Waals surface area contributed by atoms with Gasteiger partial charge in [0.1, 0.15) is 6.10 Å². The molecule has 2 atom stereocenters. The number of ether oxygens (including phenoxy) is 1. The van der Waals surface area contributed by atoms with Gasteiger partial charge in [0.15, 0.2) is 5.96 Å².